The summed E-state index contributed by atoms with van der Waals surface area (Å²) in [6.45, 7) is 6.71. The van der Waals surface area contributed by atoms with Crippen LogP contribution in [0, 0.1) is 6.92 Å². The molecule has 1 aromatic carbocycles. The van der Waals surface area contributed by atoms with E-state index in [2.05, 4.69) is 12.2 Å². The van der Waals surface area contributed by atoms with Gasteiger partial charge in [-0.3, -0.25) is 9.59 Å². The molecule has 0 fully saturated rings. The van der Waals surface area contributed by atoms with Gasteiger partial charge >= 0.3 is 0 Å². The van der Waals surface area contributed by atoms with E-state index in [4.69, 9.17) is 11.6 Å². The Morgan fingerprint density at radius 3 is 2.50 bits per heavy atom. The minimum atomic E-state index is -0.375. The third-order valence-corrected chi connectivity index (χ3v) is 4.90. The molecule has 0 saturated carbocycles. The zero-order chi connectivity index (χ0) is 19.1. The van der Waals surface area contributed by atoms with Gasteiger partial charge in [-0.1, -0.05) is 50.6 Å². The number of aromatic nitrogens is 1. The molecule has 26 heavy (non-hydrogen) atoms. The van der Waals surface area contributed by atoms with E-state index < -0.39 is 0 Å². The number of hydrogen-bond acceptors (Lipinski definition) is 2. The summed E-state index contributed by atoms with van der Waals surface area (Å²) in [5.41, 5.74) is 2.85. The topological polar surface area (TPSA) is 51.1 Å². The summed E-state index contributed by atoms with van der Waals surface area (Å²) in [5, 5.41) is 2.90. The van der Waals surface area contributed by atoms with Crippen LogP contribution in [0.25, 0.3) is 0 Å². The van der Waals surface area contributed by atoms with Crippen molar-refractivity contribution in [3.05, 3.63) is 69.1 Å². The number of nitrogens with one attached hydrogen (secondary N) is 1. The number of hydrogen-bond donors (Lipinski definition) is 1. The quantitative estimate of drug-likeness (QED) is 0.703. The lowest BCUT2D eigenvalue weighted by Gasteiger charge is -2.19. The normalized spacial score (nSPS) is 12.0. The number of carbonyl (C=O) groups is 1. The monoisotopic (exact) mass is 374 g/mol. The number of halogens is 1. The van der Waals surface area contributed by atoms with E-state index in [1.807, 2.05) is 44.2 Å². The van der Waals surface area contributed by atoms with Crippen LogP contribution >= 0.6 is 11.6 Å². The average molecular weight is 375 g/mol. The van der Waals surface area contributed by atoms with Crippen LogP contribution in [0.1, 0.15) is 59.9 Å². The van der Waals surface area contributed by atoms with E-state index in [0.717, 1.165) is 36.1 Å². The molecule has 0 aliphatic heterocycles. The Labute approximate surface area is 160 Å². The van der Waals surface area contributed by atoms with Gasteiger partial charge in [0.05, 0.1) is 6.04 Å². The van der Waals surface area contributed by atoms with E-state index in [9.17, 15) is 9.59 Å². The van der Waals surface area contributed by atoms with Crippen LogP contribution in [0.5, 0.6) is 0 Å². The smallest absolute Gasteiger partial charge is 0.263 e. The first-order chi connectivity index (χ1) is 12.5. The van der Waals surface area contributed by atoms with Gasteiger partial charge in [-0.05, 0) is 37.0 Å². The molecule has 0 spiro atoms. The van der Waals surface area contributed by atoms with Crippen molar-refractivity contribution >= 4 is 17.5 Å². The summed E-state index contributed by atoms with van der Waals surface area (Å²) in [6.07, 6.45) is 2.67. The zero-order valence-corrected chi connectivity index (χ0v) is 16.5. The molecule has 0 bridgehead atoms. The highest BCUT2D eigenvalue weighted by atomic mass is 35.5. The summed E-state index contributed by atoms with van der Waals surface area (Å²) in [7, 11) is 0. The van der Waals surface area contributed by atoms with Gasteiger partial charge in [-0.25, -0.2) is 0 Å². The number of aryl methyl sites for hydroxylation is 1. The molecular weight excluding hydrogens is 348 g/mol. The first-order valence-corrected chi connectivity index (χ1v) is 9.71. The first-order valence-electron chi connectivity index (χ1n) is 9.18. The molecule has 4 nitrogen and oxygen atoms in total. The Bertz CT molecular complexity index is 800. The van der Waals surface area contributed by atoms with Crippen LogP contribution in [-0.4, -0.2) is 16.4 Å². The van der Waals surface area contributed by atoms with E-state index in [1.165, 1.54) is 0 Å². The lowest BCUT2D eigenvalue weighted by molar-refractivity contribution is 0.0938. The Morgan fingerprint density at radius 2 is 1.92 bits per heavy atom. The van der Waals surface area contributed by atoms with Crippen LogP contribution in [0.15, 0.2) is 41.2 Å². The predicted molar refractivity (Wildman–Crippen MR) is 107 cm³/mol. The molecular formula is C21H27ClN2O2. The van der Waals surface area contributed by atoms with Crippen LogP contribution in [0.2, 0.25) is 0 Å². The highest BCUT2D eigenvalue weighted by Gasteiger charge is 2.20. The SMILES string of the molecule is CCCCn1c(CC)c(C)cc(C(=O)NC(CCl)c2ccccc2)c1=O. The molecule has 1 unspecified atom stereocenters. The molecule has 0 aliphatic carbocycles. The maximum absolute atomic E-state index is 12.9. The lowest BCUT2D eigenvalue weighted by atomic mass is 10.1. The number of carbonyl (C=O) groups excluding carboxylic acids is 1. The number of nitrogens with zero attached hydrogens (tertiary/aromatic N) is 1. The van der Waals surface area contributed by atoms with Crippen LogP contribution in [0.4, 0.5) is 0 Å². The van der Waals surface area contributed by atoms with Crippen molar-refractivity contribution in [1.82, 2.24) is 9.88 Å². The largest absolute Gasteiger partial charge is 0.344 e. The Kier molecular flexibility index (Phi) is 7.46. The molecule has 0 saturated heterocycles. The van der Waals surface area contributed by atoms with Gasteiger partial charge in [0.2, 0.25) is 0 Å². The average Bonchev–Trinajstić information content (AvgIpc) is 2.66. The van der Waals surface area contributed by atoms with Crippen LogP contribution < -0.4 is 10.9 Å². The zero-order valence-electron chi connectivity index (χ0n) is 15.7. The van der Waals surface area contributed by atoms with Gasteiger partial charge in [-0.2, -0.15) is 0 Å². The van der Waals surface area contributed by atoms with E-state index in [1.54, 1.807) is 10.6 Å². The van der Waals surface area contributed by atoms with Crippen molar-refractivity contribution in [2.24, 2.45) is 0 Å². The fraction of sp³-hybridized carbons (Fsp3) is 0.429. The number of benzene rings is 1. The number of pyridine rings is 1. The highest BCUT2D eigenvalue weighted by Crippen LogP contribution is 2.16. The second-order valence-corrected chi connectivity index (χ2v) is 6.75. The second-order valence-electron chi connectivity index (χ2n) is 6.44. The fourth-order valence-corrected chi connectivity index (χ4v) is 3.42. The van der Waals surface area contributed by atoms with Gasteiger partial charge in [0, 0.05) is 18.1 Å². The van der Waals surface area contributed by atoms with Crippen molar-refractivity contribution in [1.29, 1.82) is 0 Å². The Balaban J connectivity index is 2.36. The van der Waals surface area contributed by atoms with Crippen LogP contribution in [-0.2, 0) is 13.0 Å². The number of rotatable bonds is 8. The summed E-state index contributed by atoms with van der Waals surface area (Å²) >= 11 is 6.05. The maximum atomic E-state index is 12.9. The molecule has 1 atom stereocenters. The maximum Gasteiger partial charge on any atom is 0.263 e. The molecule has 0 radical (unpaired) electrons. The first kappa shape index (κ1) is 20.2. The molecule has 1 amide bonds. The predicted octanol–water partition coefficient (Wildman–Crippen LogP) is 4.23. The van der Waals surface area contributed by atoms with E-state index in [-0.39, 0.29) is 29.0 Å². The molecule has 0 aliphatic rings. The lowest BCUT2D eigenvalue weighted by Crippen LogP contribution is -2.37. The van der Waals surface area contributed by atoms with Crippen molar-refractivity contribution in [3.8, 4) is 0 Å². The van der Waals surface area contributed by atoms with Gasteiger partial charge in [-0.15, -0.1) is 11.6 Å². The molecule has 1 aromatic heterocycles. The fourth-order valence-electron chi connectivity index (χ4n) is 3.16. The molecule has 1 heterocycles. The van der Waals surface area contributed by atoms with Gasteiger partial charge < -0.3 is 9.88 Å². The third-order valence-electron chi connectivity index (χ3n) is 4.59. The number of unbranched alkanes of at least 4 members (excludes halogenated alkanes) is 1. The summed E-state index contributed by atoms with van der Waals surface area (Å²) in [4.78, 5) is 25.7. The summed E-state index contributed by atoms with van der Waals surface area (Å²) < 4.78 is 1.76. The molecule has 2 rings (SSSR count). The standard InChI is InChI=1S/C21H27ClN2O2/c1-4-6-12-24-19(5-2)15(3)13-17(21(24)26)20(25)23-18(14-22)16-10-8-7-9-11-16/h7-11,13,18H,4-6,12,14H2,1-3H3,(H,23,25). The van der Waals surface area contributed by atoms with Gasteiger partial charge in [0.1, 0.15) is 5.56 Å². The highest BCUT2D eigenvalue weighted by molar-refractivity contribution is 6.18. The van der Waals surface area contributed by atoms with Crippen LogP contribution in [0.3, 0.4) is 0 Å². The van der Waals surface area contributed by atoms with Crippen molar-refractivity contribution in [3.63, 3.8) is 0 Å². The molecule has 2 aromatic rings. The minimum absolute atomic E-state index is 0.182. The summed E-state index contributed by atoms with van der Waals surface area (Å²) in [6, 6.07) is 10.9. The summed E-state index contributed by atoms with van der Waals surface area (Å²) in [5.74, 6) is -0.133. The van der Waals surface area contributed by atoms with E-state index >= 15 is 0 Å². The van der Waals surface area contributed by atoms with Gasteiger partial charge in [0.25, 0.3) is 11.5 Å². The number of amides is 1. The Hall–Kier alpha value is -2.07. The molecule has 5 heteroatoms. The van der Waals surface area contributed by atoms with Crippen molar-refractivity contribution < 1.29 is 4.79 Å². The number of alkyl halides is 1. The second kappa shape index (κ2) is 9.58. The van der Waals surface area contributed by atoms with Crippen molar-refractivity contribution in [2.45, 2.75) is 52.6 Å². The van der Waals surface area contributed by atoms with Gasteiger partial charge in [0.15, 0.2) is 0 Å². The Morgan fingerprint density at radius 1 is 1.23 bits per heavy atom. The molecule has 140 valence electrons. The van der Waals surface area contributed by atoms with Crippen molar-refractivity contribution in [2.75, 3.05) is 5.88 Å². The minimum Gasteiger partial charge on any atom is -0.344 e. The van der Waals surface area contributed by atoms with E-state index in [0.29, 0.717) is 6.54 Å². The third kappa shape index (κ3) is 4.55. The molecule has 1 N–H and O–H groups in total.